The first-order chi connectivity index (χ1) is 14.5. The van der Waals surface area contributed by atoms with Gasteiger partial charge in [0.05, 0.1) is 11.5 Å². The molecule has 0 spiro atoms. The van der Waals surface area contributed by atoms with Gasteiger partial charge < -0.3 is 15.0 Å². The highest BCUT2D eigenvalue weighted by Crippen LogP contribution is 2.32. The number of carbonyl (C=O) groups excluding carboxylic acids is 2. The van der Waals surface area contributed by atoms with Crippen molar-refractivity contribution in [1.29, 1.82) is 0 Å². The maximum absolute atomic E-state index is 12.5. The number of amides is 1. The summed E-state index contributed by atoms with van der Waals surface area (Å²) in [5.74, 6) is -0.336. The van der Waals surface area contributed by atoms with Crippen molar-refractivity contribution >= 4 is 39.1 Å². The average molecular weight is 425 g/mol. The van der Waals surface area contributed by atoms with Crippen LogP contribution in [0.3, 0.4) is 0 Å². The number of likely N-dealkylation sites (tertiary alicyclic amines) is 1. The zero-order valence-electron chi connectivity index (χ0n) is 17.1. The van der Waals surface area contributed by atoms with Crippen LogP contribution in [0.15, 0.2) is 36.7 Å². The standard InChI is InChI=1S/C22H24N4O3S/c1-3-29-21(28)18-11-17-10-15(4-5-16(17)12-23-18)19-13-24-22(30-19)25-20(27)14-6-8-26(2)9-7-14/h4-5,10-14H,3,6-9H2,1-2H3,(H,24,25,27). The lowest BCUT2D eigenvalue weighted by atomic mass is 9.96. The molecule has 0 unspecified atom stereocenters. The highest BCUT2D eigenvalue weighted by Gasteiger charge is 2.24. The van der Waals surface area contributed by atoms with E-state index < -0.39 is 5.97 Å². The van der Waals surface area contributed by atoms with Crippen LogP contribution in [0.25, 0.3) is 21.2 Å². The number of aromatic nitrogens is 2. The molecule has 0 bridgehead atoms. The third kappa shape index (κ3) is 4.49. The SMILES string of the molecule is CCOC(=O)c1cc2cc(-c3cnc(NC(=O)C4CCN(C)CC4)s3)ccc2cn1. The molecule has 3 aromatic rings. The van der Waals surface area contributed by atoms with E-state index in [-0.39, 0.29) is 17.5 Å². The number of pyridine rings is 1. The Bertz CT molecular complexity index is 1070. The van der Waals surface area contributed by atoms with Gasteiger partial charge >= 0.3 is 5.97 Å². The Morgan fingerprint density at radius 1 is 1.17 bits per heavy atom. The van der Waals surface area contributed by atoms with Gasteiger partial charge in [0, 0.05) is 23.7 Å². The number of nitrogens with one attached hydrogen (secondary N) is 1. The zero-order chi connectivity index (χ0) is 21.1. The second-order valence-corrected chi connectivity index (χ2v) is 8.48. The number of fused-ring (bicyclic) bond motifs is 1. The first-order valence-corrected chi connectivity index (χ1v) is 10.9. The molecular formula is C22H24N4O3S. The van der Waals surface area contributed by atoms with Crippen LogP contribution in [0.1, 0.15) is 30.3 Å². The van der Waals surface area contributed by atoms with Crippen molar-refractivity contribution in [3.05, 3.63) is 42.4 Å². The van der Waals surface area contributed by atoms with E-state index >= 15 is 0 Å². The summed E-state index contributed by atoms with van der Waals surface area (Å²) in [5, 5.41) is 5.41. The Kier molecular flexibility index (Phi) is 6.06. The molecule has 8 heteroatoms. The van der Waals surface area contributed by atoms with Crippen molar-refractivity contribution in [2.75, 3.05) is 32.1 Å². The van der Waals surface area contributed by atoms with Gasteiger partial charge in [0.2, 0.25) is 5.91 Å². The van der Waals surface area contributed by atoms with E-state index in [4.69, 9.17) is 4.74 Å². The second kappa shape index (κ2) is 8.89. The Hall–Kier alpha value is -2.84. The molecular weight excluding hydrogens is 400 g/mol. The fourth-order valence-corrected chi connectivity index (χ4v) is 4.37. The van der Waals surface area contributed by atoms with Crippen molar-refractivity contribution in [3.8, 4) is 10.4 Å². The lowest BCUT2D eigenvalue weighted by Crippen LogP contribution is -2.35. The summed E-state index contributed by atoms with van der Waals surface area (Å²) in [4.78, 5) is 36.3. The maximum atomic E-state index is 12.5. The fraction of sp³-hybridized carbons (Fsp3) is 0.364. The van der Waals surface area contributed by atoms with Gasteiger partial charge in [-0.25, -0.2) is 14.8 Å². The number of ether oxygens (including phenoxy) is 1. The normalized spacial score (nSPS) is 15.3. The molecule has 3 heterocycles. The number of nitrogens with zero attached hydrogens (tertiary/aromatic N) is 3. The predicted molar refractivity (Wildman–Crippen MR) is 118 cm³/mol. The lowest BCUT2D eigenvalue weighted by Gasteiger charge is -2.27. The molecule has 156 valence electrons. The molecule has 2 aromatic heterocycles. The van der Waals surface area contributed by atoms with Crippen molar-refractivity contribution < 1.29 is 14.3 Å². The number of anilines is 1. The summed E-state index contributed by atoms with van der Waals surface area (Å²) >= 11 is 1.45. The molecule has 0 radical (unpaired) electrons. The molecule has 1 aliphatic heterocycles. The molecule has 0 aliphatic carbocycles. The van der Waals surface area contributed by atoms with E-state index in [9.17, 15) is 9.59 Å². The minimum absolute atomic E-state index is 0.0445. The van der Waals surface area contributed by atoms with Crippen LogP contribution in [0.5, 0.6) is 0 Å². The van der Waals surface area contributed by atoms with Crippen LogP contribution >= 0.6 is 11.3 Å². The van der Waals surface area contributed by atoms with Gasteiger partial charge in [0.25, 0.3) is 0 Å². The third-order valence-electron chi connectivity index (χ3n) is 5.32. The summed E-state index contributed by atoms with van der Waals surface area (Å²) in [6, 6.07) is 7.68. The summed E-state index contributed by atoms with van der Waals surface area (Å²) < 4.78 is 5.04. The Morgan fingerprint density at radius 3 is 2.73 bits per heavy atom. The molecule has 30 heavy (non-hydrogen) atoms. The molecule has 1 amide bonds. The third-order valence-corrected chi connectivity index (χ3v) is 6.28. The lowest BCUT2D eigenvalue weighted by molar-refractivity contribution is -0.121. The minimum Gasteiger partial charge on any atom is -0.461 e. The van der Waals surface area contributed by atoms with Gasteiger partial charge in [0.15, 0.2) is 5.13 Å². The van der Waals surface area contributed by atoms with Gasteiger partial charge in [-0.05, 0) is 63.0 Å². The number of rotatable bonds is 5. The number of esters is 1. The van der Waals surface area contributed by atoms with Crippen molar-refractivity contribution in [1.82, 2.24) is 14.9 Å². The van der Waals surface area contributed by atoms with Gasteiger partial charge in [0.1, 0.15) is 5.69 Å². The van der Waals surface area contributed by atoms with Gasteiger partial charge in [-0.15, -0.1) is 0 Å². The summed E-state index contributed by atoms with van der Waals surface area (Å²) in [6.45, 7) is 3.97. The predicted octanol–water partition coefficient (Wildman–Crippen LogP) is 3.82. The van der Waals surface area contributed by atoms with Crippen LogP contribution in [0, 0.1) is 5.92 Å². The quantitative estimate of drug-likeness (QED) is 0.627. The molecule has 1 aromatic carbocycles. The van der Waals surface area contributed by atoms with Crippen LogP contribution in [-0.4, -0.2) is 53.5 Å². The summed E-state index contributed by atoms with van der Waals surface area (Å²) in [7, 11) is 2.08. The van der Waals surface area contributed by atoms with Crippen molar-refractivity contribution in [3.63, 3.8) is 0 Å². The molecule has 0 atom stereocenters. The summed E-state index contributed by atoms with van der Waals surface area (Å²) in [6.07, 6.45) is 5.19. The van der Waals surface area contributed by atoms with Crippen LogP contribution in [-0.2, 0) is 9.53 Å². The summed E-state index contributed by atoms with van der Waals surface area (Å²) in [5.41, 5.74) is 1.26. The van der Waals surface area contributed by atoms with Crippen molar-refractivity contribution in [2.24, 2.45) is 5.92 Å². The van der Waals surface area contributed by atoms with E-state index in [1.807, 2.05) is 18.2 Å². The molecule has 1 saturated heterocycles. The zero-order valence-corrected chi connectivity index (χ0v) is 17.9. The molecule has 1 fully saturated rings. The fourth-order valence-electron chi connectivity index (χ4n) is 3.55. The van der Waals surface area contributed by atoms with Gasteiger partial charge in [-0.3, -0.25) is 4.79 Å². The Morgan fingerprint density at radius 2 is 1.97 bits per heavy atom. The number of hydrogen-bond acceptors (Lipinski definition) is 7. The first-order valence-electron chi connectivity index (χ1n) is 10.1. The van der Waals surface area contributed by atoms with Crippen LogP contribution in [0.2, 0.25) is 0 Å². The molecule has 1 N–H and O–H groups in total. The Labute approximate surface area is 179 Å². The highest BCUT2D eigenvalue weighted by molar-refractivity contribution is 7.19. The average Bonchev–Trinajstić information content (AvgIpc) is 3.22. The van der Waals surface area contributed by atoms with E-state index in [1.165, 1.54) is 11.3 Å². The number of piperidine rings is 1. The number of hydrogen-bond donors (Lipinski definition) is 1. The van der Waals surface area contributed by atoms with E-state index in [2.05, 4.69) is 27.2 Å². The topological polar surface area (TPSA) is 84.4 Å². The first kappa shape index (κ1) is 20.4. The van der Waals surface area contributed by atoms with Crippen molar-refractivity contribution in [2.45, 2.75) is 19.8 Å². The molecule has 7 nitrogen and oxygen atoms in total. The number of carbonyl (C=O) groups is 2. The van der Waals surface area contributed by atoms with E-state index in [0.29, 0.717) is 11.7 Å². The van der Waals surface area contributed by atoms with Gasteiger partial charge in [-0.1, -0.05) is 23.5 Å². The van der Waals surface area contributed by atoms with E-state index in [0.717, 1.165) is 47.1 Å². The highest BCUT2D eigenvalue weighted by atomic mass is 32.1. The smallest absolute Gasteiger partial charge is 0.356 e. The number of benzene rings is 1. The number of thiazole rings is 1. The molecule has 4 rings (SSSR count). The van der Waals surface area contributed by atoms with E-state index in [1.54, 1.807) is 25.4 Å². The molecule has 0 saturated carbocycles. The minimum atomic E-state index is -0.429. The van der Waals surface area contributed by atoms with Crippen LogP contribution < -0.4 is 5.32 Å². The second-order valence-electron chi connectivity index (χ2n) is 7.45. The van der Waals surface area contributed by atoms with Crippen LogP contribution in [0.4, 0.5) is 5.13 Å². The molecule has 1 aliphatic rings. The maximum Gasteiger partial charge on any atom is 0.356 e. The Balaban J connectivity index is 1.50. The van der Waals surface area contributed by atoms with Gasteiger partial charge in [-0.2, -0.15) is 0 Å². The largest absolute Gasteiger partial charge is 0.461 e. The monoisotopic (exact) mass is 424 g/mol.